The zero-order valence-corrected chi connectivity index (χ0v) is 7.71. The van der Waals surface area contributed by atoms with Crippen molar-refractivity contribution in [3.63, 3.8) is 0 Å². The fraction of sp³-hybridized carbons (Fsp3) is 0.889. The van der Waals surface area contributed by atoms with Gasteiger partial charge in [-0.3, -0.25) is 4.79 Å². The Kier molecular flexibility index (Phi) is 2.42. The van der Waals surface area contributed by atoms with E-state index in [1.807, 2.05) is 0 Å². The quantitative estimate of drug-likeness (QED) is 0.668. The van der Waals surface area contributed by atoms with Gasteiger partial charge in [0, 0.05) is 0 Å². The summed E-state index contributed by atoms with van der Waals surface area (Å²) < 4.78 is 0. The lowest BCUT2D eigenvalue weighted by Gasteiger charge is -2.52. The van der Waals surface area contributed by atoms with E-state index >= 15 is 0 Å². The van der Waals surface area contributed by atoms with Gasteiger partial charge in [0.25, 0.3) is 0 Å². The van der Waals surface area contributed by atoms with E-state index in [4.69, 9.17) is 10.8 Å². The molecule has 0 radical (unpaired) electrons. The SMILES string of the molecule is C[C@@H]1[C@@H](C)C[C@]1(CN)CC(=O)O. The van der Waals surface area contributed by atoms with Crippen molar-refractivity contribution in [3.8, 4) is 0 Å². The molecule has 1 aliphatic carbocycles. The number of carboxylic acid groups (broad SMARTS) is 1. The number of carbonyl (C=O) groups is 1. The molecule has 3 heteroatoms. The van der Waals surface area contributed by atoms with Crippen molar-refractivity contribution >= 4 is 5.97 Å². The van der Waals surface area contributed by atoms with Crippen LogP contribution in [0.1, 0.15) is 26.7 Å². The topological polar surface area (TPSA) is 63.3 Å². The first kappa shape index (κ1) is 9.52. The van der Waals surface area contributed by atoms with E-state index < -0.39 is 5.97 Å². The van der Waals surface area contributed by atoms with Gasteiger partial charge in [-0.05, 0) is 30.2 Å². The first-order chi connectivity index (χ1) is 5.52. The molecule has 3 N–H and O–H groups in total. The summed E-state index contributed by atoms with van der Waals surface area (Å²) in [6, 6.07) is 0. The summed E-state index contributed by atoms with van der Waals surface area (Å²) in [5.41, 5.74) is 5.50. The van der Waals surface area contributed by atoms with Gasteiger partial charge in [-0.25, -0.2) is 0 Å². The minimum atomic E-state index is -0.723. The fourth-order valence-electron chi connectivity index (χ4n) is 2.32. The first-order valence-electron chi connectivity index (χ1n) is 4.44. The molecule has 1 rings (SSSR count). The molecule has 0 aromatic carbocycles. The molecule has 0 aromatic rings. The lowest BCUT2D eigenvalue weighted by atomic mass is 9.53. The molecular weight excluding hydrogens is 154 g/mol. The number of rotatable bonds is 3. The Morgan fingerprint density at radius 3 is 2.50 bits per heavy atom. The van der Waals surface area contributed by atoms with E-state index in [1.165, 1.54) is 0 Å². The molecule has 70 valence electrons. The number of carboxylic acids is 1. The third kappa shape index (κ3) is 1.33. The van der Waals surface area contributed by atoms with E-state index in [0.717, 1.165) is 6.42 Å². The average Bonchev–Trinajstić information content (AvgIpc) is 2.02. The normalized spacial score (nSPS) is 40.6. The molecule has 12 heavy (non-hydrogen) atoms. The standard InChI is InChI=1S/C9H17NO2/c1-6-3-9(5-10,7(6)2)4-8(11)12/h6-7H,3-5,10H2,1-2H3,(H,11,12)/t6-,7+,9+/m0/s1. The molecule has 1 saturated carbocycles. The molecular formula is C9H17NO2. The van der Waals surface area contributed by atoms with Crippen LogP contribution in [-0.2, 0) is 4.79 Å². The van der Waals surface area contributed by atoms with Crippen molar-refractivity contribution in [2.24, 2.45) is 23.0 Å². The van der Waals surface area contributed by atoms with Crippen LogP contribution in [0.5, 0.6) is 0 Å². The highest BCUT2D eigenvalue weighted by Crippen LogP contribution is 2.52. The van der Waals surface area contributed by atoms with Gasteiger partial charge in [-0.1, -0.05) is 13.8 Å². The Balaban J connectivity index is 2.60. The van der Waals surface area contributed by atoms with Crippen LogP contribution in [-0.4, -0.2) is 17.6 Å². The molecule has 0 heterocycles. The van der Waals surface area contributed by atoms with Crippen LogP contribution >= 0.6 is 0 Å². The van der Waals surface area contributed by atoms with Gasteiger partial charge in [-0.15, -0.1) is 0 Å². The minimum absolute atomic E-state index is 0.106. The van der Waals surface area contributed by atoms with E-state index in [9.17, 15) is 4.79 Å². The summed E-state index contributed by atoms with van der Waals surface area (Å²) in [6.45, 7) is 4.76. The van der Waals surface area contributed by atoms with Crippen molar-refractivity contribution < 1.29 is 9.90 Å². The van der Waals surface area contributed by atoms with Gasteiger partial charge in [0.1, 0.15) is 0 Å². The lowest BCUT2D eigenvalue weighted by Crippen LogP contribution is -2.51. The maximum absolute atomic E-state index is 10.6. The van der Waals surface area contributed by atoms with Crippen molar-refractivity contribution in [1.29, 1.82) is 0 Å². The van der Waals surface area contributed by atoms with Crippen molar-refractivity contribution in [2.75, 3.05) is 6.54 Å². The molecule has 0 bridgehead atoms. The van der Waals surface area contributed by atoms with E-state index in [-0.39, 0.29) is 11.8 Å². The van der Waals surface area contributed by atoms with E-state index in [2.05, 4.69) is 13.8 Å². The van der Waals surface area contributed by atoms with Gasteiger partial charge in [0.05, 0.1) is 6.42 Å². The molecule has 0 spiro atoms. The highest BCUT2D eigenvalue weighted by molar-refractivity contribution is 5.68. The smallest absolute Gasteiger partial charge is 0.303 e. The van der Waals surface area contributed by atoms with Crippen molar-refractivity contribution in [3.05, 3.63) is 0 Å². The molecule has 0 aliphatic heterocycles. The van der Waals surface area contributed by atoms with Crippen molar-refractivity contribution in [2.45, 2.75) is 26.7 Å². The highest BCUT2D eigenvalue weighted by atomic mass is 16.4. The number of nitrogens with two attached hydrogens (primary N) is 1. The predicted octanol–water partition coefficient (Wildman–Crippen LogP) is 1.08. The first-order valence-corrected chi connectivity index (χ1v) is 4.44. The monoisotopic (exact) mass is 171 g/mol. The number of aliphatic carboxylic acids is 1. The maximum Gasteiger partial charge on any atom is 0.303 e. The Labute approximate surface area is 72.9 Å². The molecule has 0 unspecified atom stereocenters. The van der Waals surface area contributed by atoms with Crippen molar-refractivity contribution in [1.82, 2.24) is 0 Å². The van der Waals surface area contributed by atoms with Crippen LogP contribution in [0.15, 0.2) is 0 Å². The third-order valence-electron chi connectivity index (χ3n) is 3.46. The van der Waals surface area contributed by atoms with Gasteiger partial charge in [0.2, 0.25) is 0 Å². The third-order valence-corrected chi connectivity index (χ3v) is 3.46. The lowest BCUT2D eigenvalue weighted by molar-refractivity contribution is -0.145. The highest BCUT2D eigenvalue weighted by Gasteiger charge is 2.49. The van der Waals surface area contributed by atoms with Crippen LogP contribution in [0.4, 0.5) is 0 Å². The Hall–Kier alpha value is -0.570. The molecule has 1 fully saturated rings. The van der Waals surface area contributed by atoms with Crippen LogP contribution in [0.3, 0.4) is 0 Å². The number of hydrogen-bond donors (Lipinski definition) is 2. The molecule has 0 amide bonds. The zero-order chi connectivity index (χ0) is 9.35. The average molecular weight is 171 g/mol. The Bertz CT molecular complexity index is 193. The maximum atomic E-state index is 10.6. The Morgan fingerprint density at radius 2 is 2.25 bits per heavy atom. The summed E-state index contributed by atoms with van der Waals surface area (Å²) >= 11 is 0. The van der Waals surface area contributed by atoms with Crippen LogP contribution in [0.2, 0.25) is 0 Å². The summed E-state index contributed by atoms with van der Waals surface area (Å²) in [5, 5.41) is 8.69. The van der Waals surface area contributed by atoms with E-state index in [1.54, 1.807) is 0 Å². The Morgan fingerprint density at radius 1 is 1.67 bits per heavy atom. The molecule has 1 aliphatic rings. The second-order valence-electron chi connectivity index (χ2n) is 4.11. The summed E-state index contributed by atoms with van der Waals surface area (Å²) in [5.74, 6) is 0.366. The van der Waals surface area contributed by atoms with Gasteiger partial charge in [-0.2, -0.15) is 0 Å². The molecule has 3 atom stereocenters. The molecule has 0 saturated heterocycles. The molecule has 3 nitrogen and oxygen atoms in total. The predicted molar refractivity (Wildman–Crippen MR) is 46.7 cm³/mol. The second-order valence-corrected chi connectivity index (χ2v) is 4.11. The summed E-state index contributed by atoms with van der Waals surface area (Å²) in [7, 11) is 0. The molecule has 0 aromatic heterocycles. The van der Waals surface area contributed by atoms with Gasteiger partial charge in [0.15, 0.2) is 0 Å². The fourth-order valence-corrected chi connectivity index (χ4v) is 2.32. The van der Waals surface area contributed by atoms with Gasteiger partial charge < -0.3 is 10.8 Å². The minimum Gasteiger partial charge on any atom is -0.481 e. The van der Waals surface area contributed by atoms with Gasteiger partial charge >= 0.3 is 5.97 Å². The largest absolute Gasteiger partial charge is 0.481 e. The van der Waals surface area contributed by atoms with Crippen LogP contribution in [0, 0.1) is 17.3 Å². The van der Waals surface area contributed by atoms with E-state index in [0.29, 0.717) is 18.4 Å². The number of hydrogen-bond acceptors (Lipinski definition) is 2. The van der Waals surface area contributed by atoms with Crippen LogP contribution < -0.4 is 5.73 Å². The second kappa shape index (κ2) is 3.05. The summed E-state index contributed by atoms with van der Waals surface area (Å²) in [4.78, 5) is 10.6. The zero-order valence-electron chi connectivity index (χ0n) is 7.71. The summed E-state index contributed by atoms with van der Waals surface area (Å²) in [6.07, 6.45) is 1.20. The van der Waals surface area contributed by atoms with Crippen LogP contribution in [0.25, 0.3) is 0 Å².